The maximum atomic E-state index is 10.3. The molecule has 0 fully saturated rings. The van der Waals surface area contributed by atoms with Crippen molar-refractivity contribution in [2.75, 3.05) is 0 Å². The van der Waals surface area contributed by atoms with E-state index in [0.717, 1.165) is 16.6 Å². The van der Waals surface area contributed by atoms with Gasteiger partial charge in [0.25, 0.3) is 0 Å². The van der Waals surface area contributed by atoms with Crippen molar-refractivity contribution in [2.24, 2.45) is 7.05 Å². The van der Waals surface area contributed by atoms with Gasteiger partial charge in [0.05, 0.1) is 5.52 Å². The Labute approximate surface area is 136 Å². The fraction of sp³-hybridized carbons (Fsp3) is 0.118. The van der Waals surface area contributed by atoms with Crippen LogP contribution in [0, 0.1) is 6.92 Å². The number of hydrogen-bond acceptors (Lipinski definition) is 5. The molecule has 0 amide bonds. The van der Waals surface area contributed by atoms with Crippen molar-refractivity contribution < 1.29 is 5.11 Å². The first kappa shape index (κ1) is 13.9. The highest BCUT2D eigenvalue weighted by Gasteiger charge is 2.17. The van der Waals surface area contributed by atoms with Gasteiger partial charge in [0.2, 0.25) is 5.88 Å². The second-order valence-corrected chi connectivity index (χ2v) is 6.31. The average Bonchev–Trinajstić information content (AvgIpc) is 3.13. The molecule has 114 valence electrons. The third kappa shape index (κ3) is 2.27. The second-order valence-electron chi connectivity index (χ2n) is 5.43. The van der Waals surface area contributed by atoms with E-state index in [0.29, 0.717) is 16.3 Å². The molecule has 4 aromatic rings. The Hall–Kier alpha value is -2.73. The first-order valence-electron chi connectivity index (χ1n) is 7.16. The van der Waals surface area contributed by atoms with Gasteiger partial charge in [0.1, 0.15) is 4.70 Å². The molecular weight excluding hydrogens is 308 g/mol. The third-order valence-corrected chi connectivity index (χ3v) is 4.71. The summed E-state index contributed by atoms with van der Waals surface area (Å²) in [6.07, 6.45) is 3.52. The van der Waals surface area contributed by atoms with Crippen molar-refractivity contribution in [2.45, 2.75) is 6.92 Å². The summed E-state index contributed by atoms with van der Waals surface area (Å²) >= 11 is 1.45. The smallest absolute Gasteiger partial charge is 0.233 e. The molecule has 0 saturated heterocycles. The van der Waals surface area contributed by atoms with Crippen molar-refractivity contribution >= 4 is 21.6 Å². The number of aromatic nitrogens is 4. The summed E-state index contributed by atoms with van der Waals surface area (Å²) in [7, 11) is 1.88. The van der Waals surface area contributed by atoms with E-state index in [4.69, 9.17) is 0 Å². The van der Waals surface area contributed by atoms with Gasteiger partial charge in [-0.2, -0.15) is 4.98 Å². The molecule has 6 heteroatoms. The van der Waals surface area contributed by atoms with Crippen molar-refractivity contribution in [3.8, 4) is 28.7 Å². The zero-order chi connectivity index (χ0) is 16.0. The van der Waals surface area contributed by atoms with Crippen LogP contribution in [0.5, 0.6) is 5.88 Å². The predicted octanol–water partition coefficient (Wildman–Crippen LogP) is 3.77. The minimum absolute atomic E-state index is 0.00287. The second kappa shape index (κ2) is 5.17. The molecular formula is C17H14N4OS. The van der Waals surface area contributed by atoms with Crippen LogP contribution in [0.3, 0.4) is 0 Å². The highest BCUT2D eigenvalue weighted by Crippen LogP contribution is 2.37. The standard InChI is InChI=1S/C17H14N4OS/c1-10-4-3-5-11(8-10)12-9-23-14-13(12)19-15(20-17(14)22)16-18-6-7-21(16)2/h3-9H,1-2H3,(H,19,20,22). The number of rotatable bonds is 2. The van der Waals surface area contributed by atoms with Crippen molar-refractivity contribution in [1.29, 1.82) is 0 Å². The topological polar surface area (TPSA) is 63.8 Å². The van der Waals surface area contributed by atoms with Gasteiger partial charge < -0.3 is 9.67 Å². The summed E-state index contributed by atoms with van der Waals surface area (Å²) in [4.78, 5) is 13.1. The van der Waals surface area contributed by atoms with Crippen molar-refractivity contribution in [1.82, 2.24) is 19.5 Å². The Morgan fingerprint density at radius 2 is 2.09 bits per heavy atom. The number of nitrogens with zero attached hydrogens (tertiary/aromatic N) is 4. The Morgan fingerprint density at radius 3 is 2.83 bits per heavy atom. The Bertz CT molecular complexity index is 1020. The third-order valence-electron chi connectivity index (χ3n) is 3.75. The molecule has 0 aliphatic heterocycles. The predicted molar refractivity (Wildman–Crippen MR) is 91.5 cm³/mol. The minimum atomic E-state index is -0.00287. The van der Waals surface area contributed by atoms with Crippen LogP contribution >= 0.6 is 11.3 Å². The fourth-order valence-corrected chi connectivity index (χ4v) is 3.50. The first-order valence-corrected chi connectivity index (χ1v) is 8.04. The molecule has 5 nitrogen and oxygen atoms in total. The van der Waals surface area contributed by atoms with E-state index >= 15 is 0 Å². The number of thiophene rings is 1. The zero-order valence-corrected chi connectivity index (χ0v) is 13.5. The van der Waals surface area contributed by atoms with Crippen LogP contribution < -0.4 is 0 Å². The van der Waals surface area contributed by atoms with Gasteiger partial charge in [-0.15, -0.1) is 11.3 Å². The molecule has 0 unspecified atom stereocenters. The van der Waals surface area contributed by atoms with Crippen LogP contribution in [0.4, 0.5) is 0 Å². The monoisotopic (exact) mass is 322 g/mol. The lowest BCUT2D eigenvalue weighted by Crippen LogP contribution is -1.97. The van der Waals surface area contributed by atoms with Gasteiger partial charge >= 0.3 is 0 Å². The van der Waals surface area contributed by atoms with E-state index in [2.05, 4.69) is 34.0 Å². The molecule has 0 spiro atoms. The lowest BCUT2D eigenvalue weighted by Gasteiger charge is -2.04. The number of hydrogen-bond donors (Lipinski definition) is 1. The maximum absolute atomic E-state index is 10.3. The molecule has 3 heterocycles. The largest absolute Gasteiger partial charge is 0.492 e. The highest BCUT2D eigenvalue weighted by molar-refractivity contribution is 7.18. The van der Waals surface area contributed by atoms with Crippen LogP contribution in [-0.4, -0.2) is 24.6 Å². The van der Waals surface area contributed by atoms with E-state index in [9.17, 15) is 5.11 Å². The van der Waals surface area contributed by atoms with Gasteiger partial charge in [-0.3, -0.25) is 0 Å². The van der Waals surface area contributed by atoms with Crippen LogP contribution in [0.1, 0.15) is 5.56 Å². The lowest BCUT2D eigenvalue weighted by molar-refractivity contribution is 0.461. The SMILES string of the molecule is Cc1cccc(-c2csc3c(O)nc(-c4nccn4C)nc23)c1. The molecule has 0 aliphatic rings. The van der Waals surface area contributed by atoms with Crippen LogP contribution in [0.25, 0.3) is 33.0 Å². The molecule has 23 heavy (non-hydrogen) atoms. The molecule has 0 atom stereocenters. The highest BCUT2D eigenvalue weighted by atomic mass is 32.1. The van der Waals surface area contributed by atoms with Crippen LogP contribution in [-0.2, 0) is 7.05 Å². The maximum Gasteiger partial charge on any atom is 0.233 e. The summed E-state index contributed by atoms with van der Waals surface area (Å²) in [5.74, 6) is 1.05. The summed E-state index contributed by atoms with van der Waals surface area (Å²) in [6, 6.07) is 8.24. The van der Waals surface area contributed by atoms with E-state index < -0.39 is 0 Å². The van der Waals surface area contributed by atoms with Gasteiger partial charge in [0.15, 0.2) is 11.6 Å². The normalized spacial score (nSPS) is 11.2. The van der Waals surface area contributed by atoms with Gasteiger partial charge in [0, 0.05) is 30.4 Å². The Kier molecular flexibility index (Phi) is 3.12. The molecule has 1 aromatic carbocycles. The number of imidazole rings is 1. The van der Waals surface area contributed by atoms with Crippen molar-refractivity contribution in [3.05, 3.63) is 47.6 Å². The summed E-state index contributed by atoms with van der Waals surface area (Å²) in [6.45, 7) is 2.06. The minimum Gasteiger partial charge on any atom is -0.492 e. The number of benzene rings is 1. The number of aryl methyl sites for hydroxylation is 2. The molecule has 0 saturated carbocycles. The lowest BCUT2D eigenvalue weighted by atomic mass is 10.1. The summed E-state index contributed by atoms with van der Waals surface area (Å²) < 4.78 is 2.53. The molecule has 4 rings (SSSR count). The van der Waals surface area contributed by atoms with E-state index in [1.165, 1.54) is 16.9 Å². The Morgan fingerprint density at radius 1 is 1.22 bits per heavy atom. The van der Waals surface area contributed by atoms with Crippen LogP contribution in [0.15, 0.2) is 42.0 Å². The van der Waals surface area contributed by atoms with E-state index in [1.54, 1.807) is 6.20 Å². The molecule has 0 aliphatic carbocycles. The van der Waals surface area contributed by atoms with E-state index in [-0.39, 0.29) is 5.88 Å². The van der Waals surface area contributed by atoms with Gasteiger partial charge in [-0.25, -0.2) is 9.97 Å². The fourth-order valence-electron chi connectivity index (χ4n) is 2.60. The number of aromatic hydroxyl groups is 1. The first-order chi connectivity index (χ1) is 11.1. The molecule has 0 bridgehead atoms. The number of fused-ring (bicyclic) bond motifs is 1. The summed E-state index contributed by atoms with van der Waals surface area (Å²) in [5.41, 5.74) is 4.03. The van der Waals surface area contributed by atoms with Crippen molar-refractivity contribution in [3.63, 3.8) is 0 Å². The van der Waals surface area contributed by atoms with Gasteiger partial charge in [-0.05, 0) is 12.5 Å². The Balaban J connectivity index is 1.98. The molecule has 0 radical (unpaired) electrons. The summed E-state index contributed by atoms with van der Waals surface area (Å²) in [5, 5.41) is 12.3. The average molecular weight is 322 g/mol. The quantitative estimate of drug-likeness (QED) is 0.610. The molecule has 1 N–H and O–H groups in total. The van der Waals surface area contributed by atoms with Gasteiger partial charge in [-0.1, -0.05) is 29.8 Å². The zero-order valence-electron chi connectivity index (χ0n) is 12.7. The van der Waals surface area contributed by atoms with Crippen LogP contribution in [0.2, 0.25) is 0 Å². The molecule has 3 aromatic heterocycles. The van der Waals surface area contributed by atoms with E-state index in [1.807, 2.05) is 35.3 Å².